The monoisotopic (exact) mass is 300 g/mol. The van der Waals surface area contributed by atoms with E-state index in [1.807, 2.05) is 19.1 Å². The number of benzene rings is 1. The number of hydrogen-bond donors (Lipinski definition) is 2. The molecular formula is C16H20N4O2. The van der Waals surface area contributed by atoms with E-state index in [1.165, 1.54) is 4.57 Å². The Morgan fingerprint density at radius 3 is 2.77 bits per heavy atom. The summed E-state index contributed by atoms with van der Waals surface area (Å²) in [5.74, 6) is 0.412. The topological polar surface area (TPSA) is 76.0 Å². The number of nitrogens with one attached hydrogen (secondary N) is 2. The molecular weight excluding hydrogens is 280 g/mol. The standard InChI is InChI=1S/C16H20N4O2/c1-2-20-15(22)12-9-5-6-10-13(12)17-16(20)19-18-14(21)11-7-3-4-8-11/h5-6,9-11H,2-4,7-8H2,1H3,(H,17,19)(H,18,21). The zero-order valence-electron chi connectivity index (χ0n) is 12.6. The maximum Gasteiger partial charge on any atom is 0.262 e. The van der Waals surface area contributed by atoms with Gasteiger partial charge < -0.3 is 0 Å². The fraction of sp³-hybridized carbons (Fsp3) is 0.438. The van der Waals surface area contributed by atoms with E-state index in [9.17, 15) is 9.59 Å². The molecule has 1 amide bonds. The van der Waals surface area contributed by atoms with Gasteiger partial charge in [0.05, 0.1) is 10.9 Å². The summed E-state index contributed by atoms with van der Waals surface area (Å²) in [7, 11) is 0. The van der Waals surface area contributed by atoms with Crippen LogP contribution in [0.1, 0.15) is 32.6 Å². The largest absolute Gasteiger partial charge is 0.277 e. The van der Waals surface area contributed by atoms with E-state index in [1.54, 1.807) is 12.1 Å². The van der Waals surface area contributed by atoms with Gasteiger partial charge in [0.25, 0.3) is 5.56 Å². The van der Waals surface area contributed by atoms with Gasteiger partial charge in [-0.1, -0.05) is 25.0 Å². The number of carbonyl (C=O) groups excluding carboxylic acids is 1. The molecule has 0 atom stereocenters. The molecule has 0 unspecified atom stereocenters. The van der Waals surface area contributed by atoms with Crippen molar-refractivity contribution < 1.29 is 4.79 Å². The molecule has 22 heavy (non-hydrogen) atoms. The SMILES string of the molecule is CCn1c(NNC(=O)C2CCCC2)nc2ccccc2c1=O. The molecule has 1 fully saturated rings. The van der Waals surface area contributed by atoms with Gasteiger partial charge in [-0.15, -0.1) is 0 Å². The van der Waals surface area contributed by atoms with E-state index in [0.29, 0.717) is 23.4 Å². The predicted molar refractivity (Wildman–Crippen MR) is 85.4 cm³/mol. The molecule has 0 spiro atoms. The fourth-order valence-electron chi connectivity index (χ4n) is 2.96. The van der Waals surface area contributed by atoms with E-state index in [0.717, 1.165) is 25.7 Å². The summed E-state index contributed by atoms with van der Waals surface area (Å²) in [6, 6.07) is 7.21. The Balaban J connectivity index is 1.86. The number of aromatic nitrogens is 2. The first-order valence-corrected chi connectivity index (χ1v) is 7.76. The van der Waals surface area contributed by atoms with Crippen LogP contribution in [0.3, 0.4) is 0 Å². The third kappa shape index (κ3) is 2.68. The van der Waals surface area contributed by atoms with Gasteiger partial charge in [-0.3, -0.25) is 25.0 Å². The van der Waals surface area contributed by atoms with Crippen LogP contribution in [0.25, 0.3) is 10.9 Å². The Kier molecular flexibility index (Phi) is 4.09. The van der Waals surface area contributed by atoms with Crippen molar-refractivity contribution in [1.29, 1.82) is 0 Å². The highest BCUT2D eigenvalue weighted by molar-refractivity contribution is 5.81. The second-order valence-electron chi connectivity index (χ2n) is 5.60. The minimum absolute atomic E-state index is 0.0254. The van der Waals surface area contributed by atoms with Crippen molar-refractivity contribution in [3.8, 4) is 0 Å². The van der Waals surface area contributed by atoms with Crippen LogP contribution >= 0.6 is 0 Å². The number of carbonyl (C=O) groups is 1. The van der Waals surface area contributed by atoms with Crippen LogP contribution in [0, 0.1) is 5.92 Å². The summed E-state index contributed by atoms with van der Waals surface area (Å²) in [5, 5.41) is 0.581. The minimum atomic E-state index is -0.106. The molecule has 2 aromatic rings. The number of rotatable bonds is 4. The van der Waals surface area contributed by atoms with Gasteiger partial charge in [0.15, 0.2) is 0 Å². The molecule has 1 aliphatic carbocycles. The Morgan fingerprint density at radius 2 is 2.05 bits per heavy atom. The van der Waals surface area contributed by atoms with Crippen LogP contribution < -0.4 is 16.4 Å². The Labute approximate surface area is 128 Å². The zero-order valence-corrected chi connectivity index (χ0v) is 12.6. The minimum Gasteiger partial charge on any atom is -0.277 e. The van der Waals surface area contributed by atoms with Gasteiger partial charge in [-0.25, -0.2) is 4.98 Å². The molecule has 1 heterocycles. The number of amides is 1. The maximum atomic E-state index is 12.5. The number of anilines is 1. The zero-order chi connectivity index (χ0) is 15.5. The van der Waals surface area contributed by atoms with Gasteiger partial charge in [-0.05, 0) is 31.9 Å². The molecule has 1 aliphatic rings. The molecule has 0 bridgehead atoms. The molecule has 0 aliphatic heterocycles. The number of hydrogen-bond acceptors (Lipinski definition) is 4. The first-order chi connectivity index (χ1) is 10.7. The molecule has 6 nitrogen and oxygen atoms in total. The van der Waals surface area contributed by atoms with Gasteiger partial charge in [0.1, 0.15) is 0 Å². The van der Waals surface area contributed by atoms with Crippen molar-refractivity contribution in [1.82, 2.24) is 15.0 Å². The molecule has 116 valence electrons. The smallest absolute Gasteiger partial charge is 0.262 e. The average molecular weight is 300 g/mol. The molecule has 3 rings (SSSR count). The molecule has 1 aromatic heterocycles. The normalized spacial score (nSPS) is 15.1. The summed E-state index contributed by atoms with van der Waals surface area (Å²) in [5.41, 5.74) is 6.04. The van der Waals surface area contributed by atoms with E-state index in [4.69, 9.17) is 0 Å². The van der Waals surface area contributed by atoms with E-state index < -0.39 is 0 Å². The van der Waals surface area contributed by atoms with Gasteiger partial charge >= 0.3 is 0 Å². The second kappa shape index (κ2) is 6.17. The van der Waals surface area contributed by atoms with Crippen LogP contribution in [0.4, 0.5) is 5.95 Å². The van der Waals surface area contributed by atoms with Gasteiger partial charge in [-0.2, -0.15) is 0 Å². The van der Waals surface area contributed by atoms with Crippen molar-refractivity contribution >= 4 is 22.8 Å². The second-order valence-corrected chi connectivity index (χ2v) is 5.60. The Hall–Kier alpha value is -2.37. The number of hydrazine groups is 1. The van der Waals surface area contributed by atoms with Crippen molar-refractivity contribution in [2.45, 2.75) is 39.2 Å². The molecule has 1 aromatic carbocycles. The van der Waals surface area contributed by atoms with E-state index in [-0.39, 0.29) is 17.4 Å². The highest BCUT2D eigenvalue weighted by Gasteiger charge is 2.22. The lowest BCUT2D eigenvalue weighted by Gasteiger charge is -2.15. The lowest BCUT2D eigenvalue weighted by molar-refractivity contribution is -0.124. The first-order valence-electron chi connectivity index (χ1n) is 7.76. The molecule has 1 saturated carbocycles. The quantitative estimate of drug-likeness (QED) is 0.847. The number of fused-ring (bicyclic) bond motifs is 1. The van der Waals surface area contributed by atoms with E-state index in [2.05, 4.69) is 15.8 Å². The van der Waals surface area contributed by atoms with Gasteiger partial charge in [0, 0.05) is 12.5 Å². The van der Waals surface area contributed by atoms with E-state index >= 15 is 0 Å². The van der Waals surface area contributed by atoms with Crippen LogP contribution in [0.5, 0.6) is 0 Å². The predicted octanol–water partition coefficient (Wildman–Crippen LogP) is 2.05. The molecule has 2 N–H and O–H groups in total. The Bertz CT molecular complexity index is 747. The lowest BCUT2D eigenvalue weighted by Crippen LogP contribution is -2.37. The molecule has 0 radical (unpaired) electrons. The van der Waals surface area contributed by atoms with Crippen LogP contribution in [0.15, 0.2) is 29.1 Å². The van der Waals surface area contributed by atoms with Gasteiger partial charge in [0.2, 0.25) is 11.9 Å². The lowest BCUT2D eigenvalue weighted by atomic mass is 10.1. The summed E-state index contributed by atoms with van der Waals surface area (Å²) in [6.45, 7) is 2.36. The molecule has 0 saturated heterocycles. The summed E-state index contributed by atoms with van der Waals surface area (Å²) >= 11 is 0. The number of nitrogens with zero attached hydrogens (tertiary/aromatic N) is 2. The maximum absolute atomic E-state index is 12.5. The first kappa shape index (κ1) is 14.6. The number of para-hydroxylation sites is 1. The summed E-state index contributed by atoms with van der Waals surface area (Å²) in [4.78, 5) is 29.0. The van der Waals surface area contributed by atoms with Crippen molar-refractivity contribution in [2.24, 2.45) is 5.92 Å². The fourth-order valence-corrected chi connectivity index (χ4v) is 2.96. The van der Waals surface area contributed by atoms with Crippen LogP contribution in [-0.2, 0) is 11.3 Å². The summed E-state index contributed by atoms with van der Waals surface area (Å²) in [6.07, 6.45) is 4.07. The highest BCUT2D eigenvalue weighted by atomic mass is 16.2. The highest BCUT2D eigenvalue weighted by Crippen LogP contribution is 2.24. The third-order valence-electron chi connectivity index (χ3n) is 4.20. The van der Waals surface area contributed by atoms with Crippen LogP contribution in [0.2, 0.25) is 0 Å². The van der Waals surface area contributed by atoms with Crippen LogP contribution in [-0.4, -0.2) is 15.5 Å². The Morgan fingerprint density at radius 1 is 1.32 bits per heavy atom. The van der Waals surface area contributed by atoms with Crippen molar-refractivity contribution in [3.05, 3.63) is 34.6 Å². The average Bonchev–Trinajstić information content (AvgIpc) is 3.07. The summed E-state index contributed by atoms with van der Waals surface area (Å²) < 4.78 is 1.53. The molecule has 6 heteroatoms. The van der Waals surface area contributed by atoms with Crippen molar-refractivity contribution in [2.75, 3.05) is 5.43 Å². The van der Waals surface area contributed by atoms with Crippen molar-refractivity contribution in [3.63, 3.8) is 0 Å². The third-order valence-corrected chi connectivity index (χ3v) is 4.20.